The van der Waals surface area contributed by atoms with Crippen LogP contribution in [0.25, 0.3) is 5.76 Å². The Morgan fingerprint density at radius 3 is 2.23 bits per heavy atom. The highest BCUT2D eigenvalue weighted by molar-refractivity contribution is 6.26. The number of aliphatic hydroxyl groups excluding tert-OH is 1. The summed E-state index contributed by atoms with van der Waals surface area (Å²) in [4.78, 5) is 30.7. The summed E-state index contributed by atoms with van der Waals surface area (Å²) in [5.74, 6) is -5.87. The van der Waals surface area contributed by atoms with Crippen molar-refractivity contribution >= 4 is 17.3 Å². The van der Waals surface area contributed by atoms with Crippen molar-refractivity contribution in [3.63, 3.8) is 0 Å². The highest BCUT2D eigenvalue weighted by Gasteiger charge is 2.64. The van der Waals surface area contributed by atoms with Crippen LogP contribution < -0.4 is 19.9 Å². The molecule has 1 aliphatic heterocycles. The molecule has 3 aromatic carbocycles. The molecule has 4 atom stereocenters. The number of Topliss-reactive ketones (excluding diaryl/α,β-unsaturated/α-hetero) is 2. The van der Waals surface area contributed by atoms with Crippen LogP contribution in [0.4, 0.5) is 13.2 Å². The monoisotopic (exact) mass is 731 g/mol. The number of benzene rings is 3. The normalized spacial score (nSPS) is 24.0. The number of fused-ring (bicyclic) bond motifs is 4. The Kier molecular flexibility index (Phi) is 8.78. The SMILES string of the molecule is N[C@@H]1c2onc(OCc3ccccc3)c2C(=O)[C@@]2(O)C(=O)C3=C(O)c4c(OCc5ccccc5)cc(CN5CCCC5)c(OC(F)(F)F)c4C[C@H]3C[C@@H]12. The van der Waals surface area contributed by atoms with E-state index in [2.05, 4.69) is 5.16 Å². The first-order valence-electron chi connectivity index (χ1n) is 17.4. The Bertz CT molecular complexity index is 2100. The molecule has 4 aliphatic rings. The molecule has 0 spiro atoms. The molecule has 4 N–H and O–H groups in total. The predicted molar refractivity (Wildman–Crippen MR) is 182 cm³/mol. The van der Waals surface area contributed by atoms with Gasteiger partial charge in [-0.05, 0) is 67.0 Å². The van der Waals surface area contributed by atoms with Crippen LogP contribution in [0, 0.1) is 11.8 Å². The number of nitrogens with zero attached hydrogens (tertiary/aromatic N) is 2. The lowest BCUT2D eigenvalue weighted by molar-refractivity contribution is -0.275. The van der Waals surface area contributed by atoms with E-state index in [4.69, 9.17) is 24.5 Å². The number of hydrogen-bond donors (Lipinski definition) is 3. The van der Waals surface area contributed by atoms with E-state index in [9.17, 15) is 33.0 Å². The molecule has 53 heavy (non-hydrogen) atoms. The largest absolute Gasteiger partial charge is 0.573 e. The van der Waals surface area contributed by atoms with E-state index in [0.717, 1.165) is 24.0 Å². The number of halogens is 3. The first-order chi connectivity index (χ1) is 25.4. The number of aromatic nitrogens is 1. The van der Waals surface area contributed by atoms with Crippen molar-refractivity contribution in [2.45, 2.75) is 63.4 Å². The molecule has 276 valence electrons. The first kappa shape index (κ1) is 34.9. The average molecular weight is 732 g/mol. The van der Waals surface area contributed by atoms with Gasteiger partial charge in [0.2, 0.25) is 11.6 Å². The van der Waals surface area contributed by atoms with Crippen LogP contribution in [0.5, 0.6) is 17.4 Å². The van der Waals surface area contributed by atoms with Crippen LogP contribution in [0.2, 0.25) is 0 Å². The highest BCUT2D eigenvalue weighted by Crippen LogP contribution is 2.56. The van der Waals surface area contributed by atoms with Crippen LogP contribution in [-0.4, -0.2) is 56.9 Å². The van der Waals surface area contributed by atoms with E-state index in [1.54, 1.807) is 36.4 Å². The Balaban J connectivity index is 1.22. The van der Waals surface area contributed by atoms with Crippen LogP contribution in [0.1, 0.15) is 69.2 Å². The zero-order chi connectivity index (χ0) is 37.1. The third kappa shape index (κ3) is 6.13. The van der Waals surface area contributed by atoms with Gasteiger partial charge in [-0.15, -0.1) is 13.2 Å². The molecule has 0 unspecified atom stereocenters. The maximum absolute atomic E-state index is 14.5. The molecule has 2 heterocycles. The number of nitrogens with two attached hydrogens (primary N) is 1. The number of likely N-dealkylation sites (tertiary alicyclic amines) is 1. The number of hydrogen-bond acceptors (Lipinski definition) is 11. The van der Waals surface area contributed by atoms with Crippen LogP contribution >= 0.6 is 0 Å². The minimum absolute atomic E-state index is 0.000710. The molecule has 1 saturated heterocycles. The molecule has 3 aliphatic carbocycles. The van der Waals surface area contributed by atoms with E-state index in [1.165, 1.54) is 6.07 Å². The summed E-state index contributed by atoms with van der Waals surface area (Å²) in [7, 11) is 0. The van der Waals surface area contributed by atoms with Gasteiger partial charge >= 0.3 is 6.36 Å². The maximum atomic E-state index is 14.5. The second-order valence-corrected chi connectivity index (χ2v) is 14.0. The zero-order valence-corrected chi connectivity index (χ0v) is 28.4. The van der Waals surface area contributed by atoms with Crippen molar-refractivity contribution in [2.24, 2.45) is 17.6 Å². The van der Waals surface area contributed by atoms with Crippen LogP contribution in [0.3, 0.4) is 0 Å². The van der Waals surface area contributed by atoms with Crippen molar-refractivity contribution < 1.29 is 51.7 Å². The van der Waals surface area contributed by atoms with Crippen molar-refractivity contribution in [3.05, 3.63) is 111 Å². The Morgan fingerprint density at radius 1 is 0.943 bits per heavy atom. The van der Waals surface area contributed by atoms with Crippen molar-refractivity contribution in [1.29, 1.82) is 0 Å². The molecule has 1 aromatic heterocycles. The fourth-order valence-electron chi connectivity index (χ4n) is 8.22. The molecule has 2 fully saturated rings. The summed E-state index contributed by atoms with van der Waals surface area (Å²) in [6.07, 6.45) is -3.65. The molecule has 8 rings (SSSR count). The molecule has 1 saturated carbocycles. The highest BCUT2D eigenvalue weighted by atomic mass is 19.4. The predicted octanol–water partition coefficient (Wildman–Crippen LogP) is 5.98. The lowest BCUT2D eigenvalue weighted by atomic mass is 9.57. The van der Waals surface area contributed by atoms with Gasteiger partial charge in [-0.1, -0.05) is 60.7 Å². The van der Waals surface area contributed by atoms with Gasteiger partial charge in [0.25, 0.3) is 5.88 Å². The quantitative estimate of drug-likeness (QED) is 0.174. The number of ketones is 2. The number of carbonyl (C=O) groups excluding carboxylic acids is 2. The van der Waals surface area contributed by atoms with Gasteiger partial charge in [0.05, 0.1) is 11.6 Å². The molecule has 0 bridgehead atoms. The van der Waals surface area contributed by atoms with E-state index in [1.807, 2.05) is 29.2 Å². The third-order valence-electron chi connectivity index (χ3n) is 10.7. The van der Waals surface area contributed by atoms with E-state index < -0.39 is 52.9 Å². The van der Waals surface area contributed by atoms with Crippen molar-refractivity contribution in [3.8, 4) is 17.4 Å². The van der Waals surface area contributed by atoms with E-state index >= 15 is 0 Å². The minimum Gasteiger partial charge on any atom is -0.507 e. The van der Waals surface area contributed by atoms with Gasteiger partial charge in [0.1, 0.15) is 36.0 Å². The van der Waals surface area contributed by atoms with Crippen LogP contribution in [-0.2, 0) is 31.0 Å². The van der Waals surface area contributed by atoms with Gasteiger partial charge in [-0.2, -0.15) is 0 Å². The number of aliphatic hydroxyl groups is 2. The lowest BCUT2D eigenvalue weighted by Crippen LogP contribution is -2.63. The van der Waals surface area contributed by atoms with E-state index in [-0.39, 0.29) is 77.8 Å². The summed E-state index contributed by atoms with van der Waals surface area (Å²) in [5, 5.41) is 28.0. The Labute approximate surface area is 301 Å². The number of carbonyl (C=O) groups is 2. The topological polar surface area (TPSA) is 158 Å². The van der Waals surface area contributed by atoms with Gasteiger partial charge < -0.3 is 34.7 Å². The zero-order valence-electron chi connectivity index (χ0n) is 28.4. The third-order valence-corrected chi connectivity index (χ3v) is 10.7. The molecule has 14 heteroatoms. The molecular formula is C39H36F3N3O8. The van der Waals surface area contributed by atoms with E-state index in [0.29, 0.717) is 13.1 Å². The average Bonchev–Trinajstić information content (AvgIpc) is 3.82. The standard InChI is InChI=1S/C39H36F3N3O8/c40-39(41,42)52-33-24(18-45-13-7-8-14-45)17-27(50-19-21-9-3-1-4-10-21)29-25(33)15-23-16-26-31(43)34-30(36(48)38(26,49)35(47)28(23)32(29)46)37(44-53-34)51-20-22-11-5-2-6-12-22/h1-6,9-12,17,23,26,31,46,49H,7-8,13-16,18-20,43H2/t23-,26-,31-,38-/m0/s1. The van der Waals surface area contributed by atoms with Gasteiger partial charge in [0.15, 0.2) is 11.4 Å². The number of rotatable bonds is 9. The Hall–Kier alpha value is -5.18. The van der Waals surface area contributed by atoms with Crippen molar-refractivity contribution in [1.82, 2.24) is 10.1 Å². The second kappa shape index (κ2) is 13.3. The minimum atomic E-state index is -5.08. The maximum Gasteiger partial charge on any atom is 0.573 e. The number of alkyl halides is 3. The fourth-order valence-corrected chi connectivity index (χ4v) is 8.22. The second-order valence-electron chi connectivity index (χ2n) is 14.0. The molecule has 0 amide bonds. The van der Waals surface area contributed by atoms with Crippen LogP contribution in [0.15, 0.2) is 76.8 Å². The molecular weight excluding hydrogens is 695 g/mol. The summed E-state index contributed by atoms with van der Waals surface area (Å²) < 4.78 is 64.5. The molecule has 0 radical (unpaired) electrons. The number of ether oxygens (including phenoxy) is 3. The molecule has 4 aromatic rings. The van der Waals surface area contributed by atoms with Gasteiger partial charge in [0, 0.05) is 29.2 Å². The molecule has 11 nitrogen and oxygen atoms in total. The van der Waals surface area contributed by atoms with Gasteiger partial charge in [-0.3, -0.25) is 14.5 Å². The van der Waals surface area contributed by atoms with Gasteiger partial charge in [-0.25, -0.2) is 0 Å². The first-order valence-corrected chi connectivity index (χ1v) is 17.4. The Morgan fingerprint density at radius 2 is 1.58 bits per heavy atom. The summed E-state index contributed by atoms with van der Waals surface area (Å²) in [5.41, 5.74) is 4.79. The summed E-state index contributed by atoms with van der Waals surface area (Å²) in [6, 6.07) is 18.3. The van der Waals surface area contributed by atoms with Crippen molar-refractivity contribution in [2.75, 3.05) is 13.1 Å². The fraction of sp³-hybridized carbons (Fsp3) is 0.359. The summed E-state index contributed by atoms with van der Waals surface area (Å²) in [6.45, 7) is 1.49. The summed E-state index contributed by atoms with van der Waals surface area (Å²) >= 11 is 0. The lowest BCUT2D eigenvalue weighted by Gasteiger charge is -2.47. The smallest absolute Gasteiger partial charge is 0.507 e.